The number of rotatable bonds is 3. The van der Waals surface area contributed by atoms with Crippen LogP contribution in [0, 0.1) is 12.8 Å². The number of hydrogen-bond donors (Lipinski definition) is 1. The van der Waals surface area contributed by atoms with Crippen molar-refractivity contribution in [2.75, 3.05) is 18.4 Å². The molecule has 2 fully saturated rings. The molecule has 1 unspecified atom stereocenters. The molecule has 2 heterocycles. The summed E-state index contributed by atoms with van der Waals surface area (Å²) in [5.74, 6) is 2.10. The van der Waals surface area contributed by atoms with Crippen molar-refractivity contribution < 1.29 is 4.79 Å². The number of piperidine rings is 1. The number of likely N-dealkylation sites (tertiary alicyclic amines) is 1. The summed E-state index contributed by atoms with van der Waals surface area (Å²) in [7, 11) is 0. The predicted octanol–water partition coefficient (Wildman–Crippen LogP) is 3.40. The summed E-state index contributed by atoms with van der Waals surface area (Å²) in [6.07, 6.45) is 8.56. The van der Waals surface area contributed by atoms with E-state index in [1.54, 1.807) is 0 Å². The van der Waals surface area contributed by atoms with Gasteiger partial charge in [0.25, 0.3) is 5.91 Å². The predicted molar refractivity (Wildman–Crippen MR) is 91.6 cm³/mol. The topological polar surface area (TPSA) is 58.1 Å². The van der Waals surface area contributed by atoms with Crippen LogP contribution in [0.25, 0.3) is 0 Å². The summed E-state index contributed by atoms with van der Waals surface area (Å²) < 4.78 is 0. The first-order chi connectivity index (χ1) is 11.1. The number of aromatic nitrogens is 2. The Kier molecular flexibility index (Phi) is 5.13. The lowest BCUT2D eigenvalue weighted by atomic mass is 9.95. The van der Waals surface area contributed by atoms with Gasteiger partial charge in [-0.2, -0.15) is 0 Å². The second-order valence-electron chi connectivity index (χ2n) is 7.16. The lowest BCUT2D eigenvalue weighted by Gasteiger charge is -2.30. The molecule has 3 rings (SSSR count). The molecule has 1 aliphatic heterocycles. The lowest BCUT2D eigenvalue weighted by Crippen LogP contribution is -2.39. The molecule has 5 nitrogen and oxygen atoms in total. The summed E-state index contributed by atoms with van der Waals surface area (Å²) >= 11 is 0. The summed E-state index contributed by atoms with van der Waals surface area (Å²) in [5, 5.41) is 3.51. The molecule has 0 spiro atoms. The molecule has 1 saturated carbocycles. The smallest absolute Gasteiger partial charge is 0.272 e. The van der Waals surface area contributed by atoms with Crippen molar-refractivity contribution in [1.29, 1.82) is 0 Å². The Morgan fingerprint density at radius 2 is 1.96 bits per heavy atom. The van der Waals surface area contributed by atoms with Crippen LogP contribution in [0.3, 0.4) is 0 Å². The Bertz CT molecular complexity index is 554. The number of aryl methyl sites for hydroxylation is 1. The molecule has 1 amide bonds. The molecule has 1 aromatic heterocycles. The standard InChI is InChI=1S/C18H28N4O/c1-13-7-6-10-22(12-13)18(23)16-11-17(20-14(2)19-16)21-15-8-4-3-5-9-15/h11,13,15H,3-10,12H2,1-2H3,(H,19,20,21). The highest BCUT2D eigenvalue weighted by molar-refractivity contribution is 5.93. The third-order valence-corrected chi connectivity index (χ3v) is 4.96. The number of carbonyl (C=O) groups is 1. The maximum absolute atomic E-state index is 12.7. The molecule has 5 heteroatoms. The van der Waals surface area contributed by atoms with Crippen molar-refractivity contribution in [2.45, 2.75) is 64.8 Å². The van der Waals surface area contributed by atoms with Crippen molar-refractivity contribution in [1.82, 2.24) is 14.9 Å². The summed E-state index contributed by atoms with van der Waals surface area (Å²) in [4.78, 5) is 23.6. The van der Waals surface area contributed by atoms with Crippen molar-refractivity contribution in [3.05, 3.63) is 17.6 Å². The minimum atomic E-state index is 0.0498. The molecule has 1 aliphatic carbocycles. The van der Waals surface area contributed by atoms with E-state index < -0.39 is 0 Å². The van der Waals surface area contributed by atoms with Crippen LogP contribution < -0.4 is 5.32 Å². The van der Waals surface area contributed by atoms with E-state index in [9.17, 15) is 4.79 Å². The van der Waals surface area contributed by atoms with Crippen LogP contribution in [0.4, 0.5) is 5.82 Å². The summed E-state index contributed by atoms with van der Waals surface area (Å²) in [5.41, 5.74) is 0.532. The normalized spacial score (nSPS) is 22.9. The number of nitrogens with one attached hydrogen (secondary N) is 1. The van der Waals surface area contributed by atoms with Gasteiger partial charge in [0.1, 0.15) is 17.3 Å². The highest BCUT2D eigenvalue weighted by Crippen LogP contribution is 2.22. The number of amides is 1. The van der Waals surface area contributed by atoms with Crippen LogP contribution in [0.15, 0.2) is 6.07 Å². The molecular formula is C18H28N4O. The van der Waals surface area contributed by atoms with Crippen LogP contribution in [0.1, 0.15) is 68.2 Å². The minimum Gasteiger partial charge on any atom is -0.367 e. The second-order valence-corrected chi connectivity index (χ2v) is 7.16. The maximum atomic E-state index is 12.7. The highest BCUT2D eigenvalue weighted by Gasteiger charge is 2.24. The largest absolute Gasteiger partial charge is 0.367 e. The SMILES string of the molecule is Cc1nc(NC2CCCCC2)cc(C(=O)N2CCCC(C)C2)n1. The molecule has 0 radical (unpaired) electrons. The molecular weight excluding hydrogens is 288 g/mol. The zero-order valence-corrected chi connectivity index (χ0v) is 14.3. The molecule has 23 heavy (non-hydrogen) atoms. The van der Waals surface area contributed by atoms with Gasteiger partial charge in [-0.05, 0) is 38.5 Å². The molecule has 2 aliphatic rings. The fourth-order valence-electron chi connectivity index (χ4n) is 3.74. The monoisotopic (exact) mass is 316 g/mol. The van der Waals surface area contributed by atoms with E-state index >= 15 is 0 Å². The van der Waals surface area contributed by atoms with Gasteiger partial charge in [0.2, 0.25) is 0 Å². The Balaban J connectivity index is 1.72. The van der Waals surface area contributed by atoms with Gasteiger partial charge < -0.3 is 10.2 Å². The minimum absolute atomic E-state index is 0.0498. The fraction of sp³-hybridized carbons (Fsp3) is 0.722. The number of hydrogen-bond acceptors (Lipinski definition) is 4. The molecule has 1 atom stereocenters. The van der Waals surface area contributed by atoms with E-state index in [-0.39, 0.29) is 5.91 Å². The van der Waals surface area contributed by atoms with E-state index in [1.165, 1.54) is 38.5 Å². The van der Waals surface area contributed by atoms with Crippen LogP contribution in [0.5, 0.6) is 0 Å². The Hall–Kier alpha value is -1.65. The Morgan fingerprint density at radius 1 is 1.17 bits per heavy atom. The fourth-order valence-corrected chi connectivity index (χ4v) is 3.74. The molecule has 0 bridgehead atoms. The van der Waals surface area contributed by atoms with Crippen molar-refractivity contribution in [3.8, 4) is 0 Å². The highest BCUT2D eigenvalue weighted by atomic mass is 16.2. The molecule has 126 valence electrons. The van der Waals surface area contributed by atoms with Gasteiger partial charge in [-0.15, -0.1) is 0 Å². The van der Waals surface area contributed by atoms with Crippen LogP contribution in [0.2, 0.25) is 0 Å². The van der Waals surface area contributed by atoms with E-state index in [0.29, 0.717) is 23.5 Å². The second kappa shape index (κ2) is 7.28. The van der Waals surface area contributed by atoms with E-state index in [4.69, 9.17) is 0 Å². The Morgan fingerprint density at radius 3 is 2.70 bits per heavy atom. The van der Waals surface area contributed by atoms with E-state index in [2.05, 4.69) is 22.2 Å². The van der Waals surface area contributed by atoms with Gasteiger partial charge in [-0.1, -0.05) is 26.2 Å². The Labute approximate surface area is 138 Å². The first-order valence-corrected chi connectivity index (χ1v) is 9.03. The molecule has 1 N–H and O–H groups in total. The third kappa shape index (κ3) is 4.21. The van der Waals surface area contributed by atoms with Gasteiger partial charge in [-0.25, -0.2) is 9.97 Å². The number of carbonyl (C=O) groups excluding carboxylic acids is 1. The quantitative estimate of drug-likeness (QED) is 0.928. The van der Waals surface area contributed by atoms with Crippen molar-refractivity contribution in [3.63, 3.8) is 0 Å². The first kappa shape index (κ1) is 16.2. The molecule has 1 aromatic rings. The maximum Gasteiger partial charge on any atom is 0.272 e. The third-order valence-electron chi connectivity index (χ3n) is 4.96. The lowest BCUT2D eigenvalue weighted by molar-refractivity contribution is 0.0676. The van der Waals surface area contributed by atoms with Crippen LogP contribution in [-0.2, 0) is 0 Å². The van der Waals surface area contributed by atoms with Crippen LogP contribution >= 0.6 is 0 Å². The van der Waals surface area contributed by atoms with Crippen molar-refractivity contribution in [2.24, 2.45) is 5.92 Å². The van der Waals surface area contributed by atoms with Gasteiger partial charge in [-0.3, -0.25) is 4.79 Å². The summed E-state index contributed by atoms with van der Waals surface area (Å²) in [6, 6.07) is 2.32. The average molecular weight is 316 g/mol. The zero-order valence-electron chi connectivity index (χ0n) is 14.3. The summed E-state index contributed by atoms with van der Waals surface area (Å²) in [6.45, 7) is 5.76. The van der Waals surface area contributed by atoms with E-state index in [1.807, 2.05) is 17.9 Å². The average Bonchev–Trinajstić information content (AvgIpc) is 2.54. The van der Waals surface area contributed by atoms with E-state index in [0.717, 1.165) is 25.3 Å². The van der Waals surface area contributed by atoms with Gasteiger partial charge in [0.15, 0.2) is 0 Å². The number of anilines is 1. The zero-order chi connectivity index (χ0) is 16.2. The first-order valence-electron chi connectivity index (χ1n) is 9.03. The van der Waals surface area contributed by atoms with Crippen molar-refractivity contribution >= 4 is 11.7 Å². The van der Waals surface area contributed by atoms with Crippen LogP contribution in [-0.4, -0.2) is 39.9 Å². The van der Waals surface area contributed by atoms with Gasteiger partial charge in [0, 0.05) is 25.2 Å². The van der Waals surface area contributed by atoms with Gasteiger partial charge in [0.05, 0.1) is 0 Å². The molecule has 0 aromatic carbocycles. The van der Waals surface area contributed by atoms with Gasteiger partial charge >= 0.3 is 0 Å². The molecule has 1 saturated heterocycles. The number of nitrogens with zero attached hydrogens (tertiary/aromatic N) is 3.